The fourth-order valence-corrected chi connectivity index (χ4v) is 2.39. The van der Waals surface area contributed by atoms with Crippen LogP contribution in [-0.2, 0) is 20.9 Å². The van der Waals surface area contributed by atoms with Crippen LogP contribution < -0.4 is 25.5 Å². The molecule has 30 heavy (non-hydrogen) atoms. The summed E-state index contributed by atoms with van der Waals surface area (Å²) < 4.78 is 10.9. The molecule has 0 heterocycles. The van der Waals surface area contributed by atoms with E-state index in [2.05, 4.69) is 21.2 Å². The van der Waals surface area contributed by atoms with Gasteiger partial charge >= 0.3 is 11.8 Å². The molecule has 0 aliphatic carbocycles. The van der Waals surface area contributed by atoms with E-state index in [1.165, 1.54) is 13.3 Å². The molecule has 158 valence electrons. The molecular formula is C21H24N4O5. The molecule has 0 atom stereocenters. The molecule has 0 bridgehead atoms. The summed E-state index contributed by atoms with van der Waals surface area (Å²) in [5.74, 6) is -1.31. The van der Waals surface area contributed by atoms with Gasteiger partial charge in [-0.25, -0.2) is 5.43 Å². The molecule has 0 aliphatic heterocycles. The lowest BCUT2D eigenvalue weighted by Gasteiger charge is -2.13. The topological polar surface area (TPSA) is 118 Å². The minimum Gasteiger partial charge on any atom is -0.493 e. The highest BCUT2D eigenvalue weighted by atomic mass is 16.5. The number of nitrogens with zero attached hydrogens (tertiary/aromatic N) is 1. The maximum absolute atomic E-state index is 12.1. The Morgan fingerprint density at radius 3 is 2.47 bits per heavy atom. The van der Waals surface area contributed by atoms with E-state index >= 15 is 0 Å². The highest BCUT2D eigenvalue weighted by molar-refractivity contribution is 6.35. The lowest BCUT2D eigenvalue weighted by Crippen LogP contribution is -2.37. The Kier molecular flexibility index (Phi) is 8.85. The van der Waals surface area contributed by atoms with Crippen LogP contribution in [0, 0.1) is 0 Å². The molecule has 9 nitrogen and oxygen atoms in total. The van der Waals surface area contributed by atoms with Crippen molar-refractivity contribution in [1.29, 1.82) is 0 Å². The van der Waals surface area contributed by atoms with Crippen molar-refractivity contribution in [3.63, 3.8) is 0 Å². The fourth-order valence-electron chi connectivity index (χ4n) is 2.39. The zero-order valence-electron chi connectivity index (χ0n) is 16.8. The zero-order valence-corrected chi connectivity index (χ0v) is 16.8. The number of nitrogens with one attached hydrogen (secondary N) is 3. The van der Waals surface area contributed by atoms with Crippen LogP contribution in [0.15, 0.2) is 53.6 Å². The third-order valence-corrected chi connectivity index (χ3v) is 3.82. The van der Waals surface area contributed by atoms with E-state index < -0.39 is 11.8 Å². The van der Waals surface area contributed by atoms with Gasteiger partial charge in [-0.2, -0.15) is 5.10 Å². The van der Waals surface area contributed by atoms with Gasteiger partial charge in [-0.1, -0.05) is 36.4 Å². The first-order valence-electron chi connectivity index (χ1n) is 9.26. The second-order valence-electron chi connectivity index (χ2n) is 5.99. The number of benzene rings is 2. The molecule has 0 aliphatic rings. The summed E-state index contributed by atoms with van der Waals surface area (Å²) in [6, 6.07) is 14.5. The second-order valence-corrected chi connectivity index (χ2v) is 5.99. The van der Waals surface area contributed by atoms with Gasteiger partial charge in [0.15, 0.2) is 18.1 Å². The molecule has 3 amide bonds. The quantitative estimate of drug-likeness (QED) is 0.322. The van der Waals surface area contributed by atoms with E-state index in [-0.39, 0.29) is 18.3 Å². The van der Waals surface area contributed by atoms with Crippen molar-refractivity contribution >= 4 is 23.9 Å². The first-order chi connectivity index (χ1) is 14.5. The van der Waals surface area contributed by atoms with Crippen LogP contribution in [0.1, 0.15) is 18.1 Å². The fraction of sp³-hybridized carbons (Fsp3) is 0.238. The van der Waals surface area contributed by atoms with Crippen molar-refractivity contribution in [3.8, 4) is 11.5 Å². The smallest absolute Gasteiger partial charge is 0.329 e. The molecule has 3 N–H and O–H groups in total. The van der Waals surface area contributed by atoms with Crippen molar-refractivity contribution in [2.45, 2.75) is 13.5 Å². The van der Waals surface area contributed by atoms with Gasteiger partial charge < -0.3 is 20.1 Å². The number of carbonyl (C=O) groups excluding carboxylic acids is 3. The first kappa shape index (κ1) is 22.4. The van der Waals surface area contributed by atoms with Gasteiger partial charge in [0, 0.05) is 18.7 Å². The van der Waals surface area contributed by atoms with E-state index in [1.807, 2.05) is 30.3 Å². The van der Waals surface area contributed by atoms with Crippen molar-refractivity contribution in [3.05, 3.63) is 59.7 Å². The molecule has 0 spiro atoms. The monoisotopic (exact) mass is 412 g/mol. The third-order valence-electron chi connectivity index (χ3n) is 3.82. The number of methoxy groups -OCH3 is 1. The molecule has 9 heteroatoms. The average Bonchev–Trinajstić information content (AvgIpc) is 2.77. The van der Waals surface area contributed by atoms with Crippen LogP contribution in [-0.4, -0.2) is 44.2 Å². The van der Waals surface area contributed by atoms with Crippen molar-refractivity contribution in [2.75, 3.05) is 20.3 Å². The Morgan fingerprint density at radius 1 is 1.00 bits per heavy atom. The number of likely N-dealkylation sites (N-methyl/N-ethyl adjacent to an activating group) is 1. The minimum absolute atomic E-state index is 0.237. The number of carbonyl (C=O) groups is 3. The number of hydrogen-bond donors (Lipinski definition) is 3. The first-order valence-corrected chi connectivity index (χ1v) is 9.26. The van der Waals surface area contributed by atoms with Crippen LogP contribution in [0.4, 0.5) is 0 Å². The Labute approximate surface area is 174 Å². The molecule has 0 aromatic heterocycles. The number of hydrogen-bond acceptors (Lipinski definition) is 6. The van der Waals surface area contributed by atoms with E-state index in [0.29, 0.717) is 24.4 Å². The van der Waals surface area contributed by atoms with Gasteiger partial charge in [0.05, 0.1) is 13.3 Å². The second kappa shape index (κ2) is 11.8. The number of ether oxygens (including phenoxy) is 2. The highest BCUT2D eigenvalue weighted by Crippen LogP contribution is 2.29. The normalized spacial score (nSPS) is 10.3. The predicted octanol–water partition coefficient (Wildman–Crippen LogP) is 0.977. The molecule has 0 saturated carbocycles. The van der Waals surface area contributed by atoms with E-state index in [9.17, 15) is 14.4 Å². The van der Waals surface area contributed by atoms with Crippen LogP contribution >= 0.6 is 0 Å². The Morgan fingerprint density at radius 2 is 1.77 bits per heavy atom. The van der Waals surface area contributed by atoms with E-state index in [1.54, 1.807) is 25.1 Å². The van der Waals surface area contributed by atoms with Crippen LogP contribution in [0.3, 0.4) is 0 Å². The van der Waals surface area contributed by atoms with Crippen molar-refractivity contribution in [2.24, 2.45) is 5.10 Å². The Hall–Kier alpha value is -3.88. The van der Waals surface area contributed by atoms with Gasteiger partial charge in [0.25, 0.3) is 5.91 Å². The summed E-state index contributed by atoms with van der Waals surface area (Å²) in [4.78, 5) is 35.1. The molecule has 0 unspecified atom stereocenters. The van der Waals surface area contributed by atoms with E-state index in [0.717, 1.165) is 5.56 Å². The van der Waals surface area contributed by atoms with Gasteiger partial charge in [-0.05, 0) is 24.6 Å². The molecule has 0 radical (unpaired) electrons. The van der Waals surface area contributed by atoms with Crippen LogP contribution in [0.5, 0.6) is 11.5 Å². The maximum Gasteiger partial charge on any atom is 0.329 e. The highest BCUT2D eigenvalue weighted by Gasteiger charge is 2.13. The number of hydrazone groups is 1. The number of para-hydroxylation sites is 1. The Balaban J connectivity index is 1.99. The van der Waals surface area contributed by atoms with Crippen molar-refractivity contribution in [1.82, 2.24) is 16.1 Å². The lowest BCUT2D eigenvalue weighted by atomic mass is 10.2. The minimum atomic E-state index is -0.890. The van der Waals surface area contributed by atoms with Gasteiger partial charge in [-0.15, -0.1) is 0 Å². The molecule has 0 saturated heterocycles. The summed E-state index contributed by atoms with van der Waals surface area (Å²) in [7, 11) is 1.47. The van der Waals surface area contributed by atoms with Crippen LogP contribution in [0.2, 0.25) is 0 Å². The molecule has 2 rings (SSSR count). The molecule has 2 aromatic rings. The Bertz CT molecular complexity index is 900. The largest absolute Gasteiger partial charge is 0.493 e. The average molecular weight is 412 g/mol. The van der Waals surface area contributed by atoms with Crippen LogP contribution in [0.25, 0.3) is 0 Å². The third kappa shape index (κ3) is 6.93. The molecular weight excluding hydrogens is 388 g/mol. The number of rotatable bonds is 9. The standard InChI is InChI=1S/C21H24N4O5/c1-3-22-20(27)21(28)25-24-13-16-10-7-11-17(29-2)19(16)30-14-18(26)23-12-15-8-5-4-6-9-15/h4-11,13H,3,12,14H2,1-2H3,(H,22,27)(H,23,26)(H,25,28)/b24-13-. The summed E-state index contributed by atoms with van der Waals surface area (Å²) >= 11 is 0. The van der Waals surface area contributed by atoms with Crippen molar-refractivity contribution < 1.29 is 23.9 Å². The molecule has 0 fully saturated rings. The predicted molar refractivity (Wildman–Crippen MR) is 111 cm³/mol. The van der Waals surface area contributed by atoms with E-state index in [4.69, 9.17) is 9.47 Å². The SMILES string of the molecule is CCNC(=O)C(=O)N/N=C\c1cccc(OC)c1OCC(=O)NCc1ccccc1. The summed E-state index contributed by atoms with van der Waals surface area (Å²) in [6.07, 6.45) is 1.30. The summed E-state index contributed by atoms with van der Waals surface area (Å²) in [5.41, 5.74) is 3.56. The zero-order chi connectivity index (χ0) is 21.8. The molecule has 2 aromatic carbocycles. The van der Waals surface area contributed by atoms with Gasteiger partial charge in [0.2, 0.25) is 0 Å². The van der Waals surface area contributed by atoms with Gasteiger partial charge in [0.1, 0.15) is 0 Å². The maximum atomic E-state index is 12.1. The number of amides is 3. The summed E-state index contributed by atoms with van der Waals surface area (Å²) in [5, 5.41) is 8.90. The van der Waals surface area contributed by atoms with Gasteiger partial charge in [-0.3, -0.25) is 14.4 Å². The summed E-state index contributed by atoms with van der Waals surface area (Å²) in [6.45, 7) is 2.18. The lowest BCUT2D eigenvalue weighted by molar-refractivity contribution is -0.139.